The van der Waals surface area contributed by atoms with E-state index in [0.717, 1.165) is 30.0 Å². The maximum atomic E-state index is 13.7. The third kappa shape index (κ3) is 4.49. The monoisotopic (exact) mass is 484 g/mol. The molecule has 0 aliphatic carbocycles. The minimum Gasteiger partial charge on any atom is -0.497 e. The van der Waals surface area contributed by atoms with Gasteiger partial charge in [0.15, 0.2) is 23.0 Å². The smallest absolute Gasteiger partial charge is 0.215 e. The Kier molecular flexibility index (Phi) is 6.58. The van der Waals surface area contributed by atoms with E-state index in [-0.39, 0.29) is 5.78 Å². The van der Waals surface area contributed by atoms with E-state index in [9.17, 15) is 4.79 Å². The van der Waals surface area contributed by atoms with Gasteiger partial charge in [-0.05, 0) is 54.6 Å². The first-order valence-electron chi connectivity index (χ1n) is 11.8. The highest BCUT2D eigenvalue weighted by Crippen LogP contribution is 2.31. The number of hydrogen-bond acceptors (Lipinski definition) is 8. The first kappa shape index (κ1) is 23.4. The molecule has 1 aliphatic heterocycles. The van der Waals surface area contributed by atoms with Crippen LogP contribution < -0.4 is 24.0 Å². The zero-order valence-electron chi connectivity index (χ0n) is 20.6. The van der Waals surface area contributed by atoms with Gasteiger partial charge in [0.1, 0.15) is 5.75 Å². The van der Waals surface area contributed by atoms with E-state index in [4.69, 9.17) is 24.2 Å². The van der Waals surface area contributed by atoms with Crippen molar-refractivity contribution in [3.63, 3.8) is 0 Å². The van der Waals surface area contributed by atoms with Gasteiger partial charge >= 0.3 is 0 Å². The summed E-state index contributed by atoms with van der Waals surface area (Å²) in [6.07, 6.45) is 0. The maximum Gasteiger partial charge on any atom is 0.215 e. The molecule has 2 heterocycles. The summed E-state index contributed by atoms with van der Waals surface area (Å²) < 4.78 is 16.0. The lowest BCUT2D eigenvalue weighted by Crippen LogP contribution is -2.47. The first-order chi connectivity index (χ1) is 17.6. The summed E-state index contributed by atoms with van der Waals surface area (Å²) in [6, 6.07) is 20.8. The highest BCUT2D eigenvalue weighted by molar-refractivity contribution is 6.11. The third-order valence-electron chi connectivity index (χ3n) is 6.43. The average molecular weight is 485 g/mol. The van der Waals surface area contributed by atoms with Gasteiger partial charge in [0.2, 0.25) is 5.78 Å². The largest absolute Gasteiger partial charge is 0.497 e. The van der Waals surface area contributed by atoms with E-state index < -0.39 is 0 Å². The molecule has 0 bridgehead atoms. The Morgan fingerprint density at radius 1 is 0.722 bits per heavy atom. The summed E-state index contributed by atoms with van der Waals surface area (Å²) in [5.74, 6) is 2.28. The number of carbonyl (C=O) groups excluding carboxylic acids is 1. The molecule has 8 nitrogen and oxygen atoms in total. The molecule has 1 saturated heterocycles. The van der Waals surface area contributed by atoms with Crippen LogP contribution in [0.1, 0.15) is 16.1 Å². The van der Waals surface area contributed by atoms with E-state index in [1.807, 2.05) is 36.4 Å². The van der Waals surface area contributed by atoms with Crippen LogP contribution in [-0.2, 0) is 0 Å². The number of para-hydroxylation sites is 2. The molecule has 0 saturated carbocycles. The number of anilines is 2. The van der Waals surface area contributed by atoms with Crippen molar-refractivity contribution in [2.24, 2.45) is 0 Å². The number of aromatic nitrogens is 2. The molecule has 0 N–H and O–H groups in total. The number of ether oxygens (including phenoxy) is 3. The molecular formula is C28H28N4O4. The van der Waals surface area contributed by atoms with Crippen LogP contribution in [0.2, 0.25) is 0 Å². The van der Waals surface area contributed by atoms with Crippen LogP contribution in [0.25, 0.3) is 11.0 Å². The topological polar surface area (TPSA) is 77.0 Å². The van der Waals surface area contributed by atoms with Gasteiger partial charge in [-0.25, -0.2) is 9.97 Å². The number of benzene rings is 3. The predicted octanol–water partition coefficient (Wildman–Crippen LogP) is 4.21. The van der Waals surface area contributed by atoms with Gasteiger partial charge in [-0.3, -0.25) is 4.79 Å². The minimum atomic E-state index is -0.207. The van der Waals surface area contributed by atoms with Gasteiger partial charge in [0, 0.05) is 37.4 Å². The highest BCUT2D eigenvalue weighted by Gasteiger charge is 2.26. The van der Waals surface area contributed by atoms with Gasteiger partial charge in [-0.15, -0.1) is 0 Å². The molecule has 5 rings (SSSR count). The Morgan fingerprint density at radius 3 is 2.00 bits per heavy atom. The Bertz CT molecular complexity index is 1380. The van der Waals surface area contributed by atoms with Gasteiger partial charge in [0.25, 0.3) is 0 Å². The molecule has 184 valence electrons. The van der Waals surface area contributed by atoms with Gasteiger partial charge < -0.3 is 24.0 Å². The molecule has 1 aromatic heterocycles. The zero-order chi connectivity index (χ0) is 25.1. The van der Waals surface area contributed by atoms with Gasteiger partial charge in [-0.2, -0.15) is 0 Å². The molecule has 0 atom stereocenters. The summed E-state index contributed by atoms with van der Waals surface area (Å²) in [5, 5.41) is 0. The van der Waals surface area contributed by atoms with E-state index in [2.05, 4.69) is 21.9 Å². The van der Waals surface area contributed by atoms with E-state index in [0.29, 0.717) is 47.2 Å². The molecule has 8 heteroatoms. The van der Waals surface area contributed by atoms with E-state index >= 15 is 0 Å². The average Bonchev–Trinajstić information content (AvgIpc) is 2.95. The second kappa shape index (κ2) is 10.1. The molecule has 4 aromatic rings. The molecular weight excluding hydrogens is 456 g/mol. The van der Waals surface area contributed by atoms with Crippen LogP contribution in [0.3, 0.4) is 0 Å². The lowest BCUT2D eigenvalue weighted by atomic mass is 10.1. The van der Waals surface area contributed by atoms with Crippen molar-refractivity contribution in [3.8, 4) is 17.2 Å². The molecule has 0 unspecified atom stereocenters. The number of nitrogens with zero attached hydrogens (tertiary/aromatic N) is 4. The zero-order valence-corrected chi connectivity index (χ0v) is 20.6. The summed E-state index contributed by atoms with van der Waals surface area (Å²) in [7, 11) is 4.78. The second-order valence-corrected chi connectivity index (χ2v) is 8.46. The number of ketones is 1. The van der Waals surface area contributed by atoms with Crippen LogP contribution in [-0.4, -0.2) is 63.3 Å². The number of hydrogen-bond donors (Lipinski definition) is 0. The minimum absolute atomic E-state index is 0.207. The third-order valence-corrected chi connectivity index (χ3v) is 6.43. The van der Waals surface area contributed by atoms with Gasteiger partial charge in [0.05, 0.1) is 32.4 Å². The summed E-state index contributed by atoms with van der Waals surface area (Å²) in [6.45, 7) is 3.02. The van der Waals surface area contributed by atoms with Gasteiger partial charge in [-0.1, -0.05) is 12.1 Å². The Hall–Kier alpha value is -4.33. The number of fused-ring (bicyclic) bond motifs is 1. The number of rotatable bonds is 7. The van der Waals surface area contributed by atoms with E-state index in [1.165, 1.54) is 0 Å². The summed E-state index contributed by atoms with van der Waals surface area (Å²) in [5.41, 5.74) is 3.38. The van der Waals surface area contributed by atoms with Crippen LogP contribution in [0.15, 0.2) is 66.7 Å². The molecule has 0 spiro atoms. The van der Waals surface area contributed by atoms with Crippen LogP contribution in [0.4, 0.5) is 11.5 Å². The van der Waals surface area contributed by atoms with E-state index in [1.54, 1.807) is 39.5 Å². The number of carbonyl (C=O) groups is 1. The SMILES string of the molecule is COc1ccc(N2CCN(c3nc4ccccc4nc3C(=O)c3ccc(OC)c(OC)c3)CC2)cc1. The molecule has 1 aliphatic rings. The first-order valence-corrected chi connectivity index (χ1v) is 11.8. The lowest BCUT2D eigenvalue weighted by Gasteiger charge is -2.37. The van der Waals surface area contributed by atoms with Crippen LogP contribution in [0, 0.1) is 0 Å². The van der Waals surface area contributed by atoms with Crippen molar-refractivity contribution in [1.29, 1.82) is 0 Å². The number of piperazine rings is 1. The molecule has 3 aromatic carbocycles. The molecule has 0 amide bonds. The normalized spacial score (nSPS) is 13.5. The highest BCUT2D eigenvalue weighted by atomic mass is 16.5. The lowest BCUT2D eigenvalue weighted by molar-refractivity contribution is 0.103. The molecule has 1 fully saturated rings. The fraction of sp³-hybridized carbons (Fsp3) is 0.250. The van der Waals surface area contributed by atoms with Crippen LogP contribution >= 0.6 is 0 Å². The fourth-order valence-corrected chi connectivity index (χ4v) is 4.45. The van der Waals surface area contributed by atoms with Crippen molar-refractivity contribution in [1.82, 2.24) is 9.97 Å². The Morgan fingerprint density at radius 2 is 1.36 bits per heavy atom. The number of methoxy groups -OCH3 is 3. The summed E-state index contributed by atoms with van der Waals surface area (Å²) >= 11 is 0. The van der Waals surface area contributed by atoms with Crippen LogP contribution in [0.5, 0.6) is 17.2 Å². The predicted molar refractivity (Wildman–Crippen MR) is 140 cm³/mol. The molecule has 36 heavy (non-hydrogen) atoms. The fourth-order valence-electron chi connectivity index (χ4n) is 4.45. The van der Waals surface area contributed by atoms with Crippen molar-refractivity contribution in [2.45, 2.75) is 0 Å². The van der Waals surface area contributed by atoms with Crippen molar-refractivity contribution in [3.05, 3.63) is 78.0 Å². The maximum absolute atomic E-state index is 13.7. The standard InChI is InChI=1S/C28H28N4O4/c1-34-21-11-9-20(10-12-21)31-14-16-32(17-15-31)28-26(29-22-6-4-5-7-23(22)30-28)27(33)19-8-13-24(35-2)25(18-19)36-3/h4-13,18H,14-17H2,1-3H3. The Balaban J connectivity index is 1.46. The molecule has 0 radical (unpaired) electrons. The van der Waals surface area contributed by atoms with Crippen molar-refractivity contribution < 1.29 is 19.0 Å². The second-order valence-electron chi connectivity index (χ2n) is 8.46. The Labute approximate surface area is 210 Å². The quantitative estimate of drug-likeness (QED) is 0.361. The van der Waals surface area contributed by atoms with Crippen molar-refractivity contribution >= 4 is 28.3 Å². The summed E-state index contributed by atoms with van der Waals surface area (Å²) in [4.78, 5) is 27.8. The van der Waals surface area contributed by atoms with Crippen molar-refractivity contribution in [2.75, 3.05) is 57.3 Å².